The van der Waals surface area contributed by atoms with E-state index in [1.54, 1.807) is 12.1 Å². The smallest absolute Gasteiger partial charge is 0.339 e. The van der Waals surface area contributed by atoms with E-state index in [1.165, 1.54) is 14.2 Å². The van der Waals surface area contributed by atoms with Crippen LogP contribution < -0.4 is 0 Å². The molecule has 0 saturated carbocycles. The highest BCUT2D eigenvalue weighted by atomic mass is 16.5. The second kappa shape index (κ2) is 6.16. The molecule has 3 aromatic rings. The minimum absolute atomic E-state index is 0.0220. The lowest BCUT2D eigenvalue weighted by molar-refractivity contribution is -0.139. The molecule has 24 heavy (non-hydrogen) atoms. The number of ether oxygens (including phenoxy) is 2. The Labute approximate surface area is 137 Å². The first-order valence-corrected chi connectivity index (χ1v) is 7.24. The maximum Gasteiger partial charge on any atom is 0.339 e. The predicted molar refractivity (Wildman–Crippen MR) is 88.0 cm³/mol. The Balaban J connectivity index is 2.35. The van der Waals surface area contributed by atoms with Crippen LogP contribution in [0.3, 0.4) is 0 Å². The van der Waals surface area contributed by atoms with Gasteiger partial charge in [0.2, 0.25) is 0 Å². The van der Waals surface area contributed by atoms with E-state index < -0.39 is 11.9 Å². The van der Waals surface area contributed by atoms with E-state index in [1.807, 2.05) is 24.3 Å². The van der Waals surface area contributed by atoms with Crippen LogP contribution in [-0.2, 0) is 20.7 Å². The standard InChI is InChI=1S/C18H15NO5/c1-23-16(21)9-14-13(18(22)24-2)8-12-11-6-4-3-5-10(11)7-15(20)17(12)19-14/h3-8,20H,9H2,1-2H3. The summed E-state index contributed by atoms with van der Waals surface area (Å²) in [6.45, 7) is 0. The molecule has 0 bridgehead atoms. The van der Waals surface area contributed by atoms with Crippen molar-refractivity contribution in [2.75, 3.05) is 14.2 Å². The number of carbonyl (C=O) groups excluding carboxylic acids is 2. The summed E-state index contributed by atoms with van der Waals surface area (Å²) in [7, 11) is 2.52. The molecule has 0 radical (unpaired) electrons. The summed E-state index contributed by atoms with van der Waals surface area (Å²) < 4.78 is 9.43. The van der Waals surface area contributed by atoms with Gasteiger partial charge in [0.05, 0.1) is 31.9 Å². The first-order valence-electron chi connectivity index (χ1n) is 7.24. The van der Waals surface area contributed by atoms with E-state index in [-0.39, 0.29) is 23.4 Å². The third kappa shape index (κ3) is 2.62. The first-order chi connectivity index (χ1) is 11.5. The number of benzene rings is 2. The molecule has 6 heteroatoms. The van der Waals surface area contributed by atoms with Gasteiger partial charge in [-0.1, -0.05) is 24.3 Å². The summed E-state index contributed by atoms with van der Waals surface area (Å²) in [6.07, 6.45) is -0.191. The van der Waals surface area contributed by atoms with Crippen molar-refractivity contribution in [2.24, 2.45) is 0 Å². The van der Waals surface area contributed by atoms with Gasteiger partial charge in [-0.3, -0.25) is 4.79 Å². The van der Waals surface area contributed by atoms with Crippen molar-refractivity contribution < 1.29 is 24.2 Å². The largest absolute Gasteiger partial charge is 0.506 e. The van der Waals surface area contributed by atoms with Crippen molar-refractivity contribution in [1.82, 2.24) is 4.98 Å². The molecular formula is C18H15NO5. The number of pyridine rings is 1. The number of nitrogens with zero attached hydrogens (tertiary/aromatic N) is 1. The number of phenolic OH excluding ortho intramolecular Hbond substituents is 1. The highest BCUT2D eigenvalue weighted by molar-refractivity contribution is 6.11. The first kappa shape index (κ1) is 15.7. The summed E-state index contributed by atoms with van der Waals surface area (Å²) in [4.78, 5) is 28.0. The molecule has 0 amide bonds. The summed E-state index contributed by atoms with van der Waals surface area (Å²) in [5.41, 5.74) is 0.693. The van der Waals surface area contributed by atoms with Crippen LogP contribution in [-0.4, -0.2) is 36.2 Å². The number of methoxy groups -OCH3 is 2. The van der Waals surface area contributed by atoms with Crippen molar-refractivity contribution in [3.8, 4) is 5.75 Å². The fourth-order valence-corrected chi connectivity index (χ4v) is 2.67. The van der Waals surface area contributed by atoms with Crippen molar-refractivity contribution in [2.45, 2.75) is 6.42 Å². The fraction of sp³-hybridized carbons (Fsp3) is 0.167. The predicted octanol–water partition coefficient (Wildman–Crippen LogP) is 2.60. The molecule has 0 aliphatic heterocycles. The molecule has 0 saturated heterocycles. The Morgan fingerprint density at radius 1 is 1.08 bits per heavy atom. The highest BCUT2D eigenvalue weighted by Gasteiger charge is 2.20. The molecule has 0 aliphatic carbocycles. The zero-order valence-corrected chi connectivity index (χ0v) is 13.2. The monoisotopic (exact) mass is 325 g/mol. The number of phenols is 1. The van der Waals surface area contributed by atoms with E-state index in [4.69, 9.17) is 4.74 Å². The zero-order chi connectivity index (χ0) is 17.3. The molecule has 0 spiro atoms. The average Bonchev–Trinajstić information content (AvgIpc) is 2.60. The summed E-state index contributed by atoms with van der Waals surface area (Å²) in [5.74, 6) is -1.16. The van der Waals surface area contributed by atoms with Gasteiger partial charge in [-0.2, -0.15) is 0 Å². The molecule has 1 heterocycles. The van der Waals surface area contributed by atoms with Crippen molar-refractivity contribution in [1.29, 1.82) is 0 Å². The maximum absolute atomic E-state index is 12.1. The van der Waals surface area contributed by atoms with Crippen LogP contribution in [0.4, 0.5) is 0 Å². The van der Waals surface area contributed by atoms with E-state index in [0.717, 1.165) is 10.8 Å². The molecule has 0 fully saturated rings. The van der Waals surface area contributed by atoms with Crippen LogP contribution in [0.2, 0.25) is 0 Å². The van der Waals surface area contributed by atoms with Crippen molar-refractivity contribution in [3.05, 3.63) is 47.7 Å². The summed E-state index contributed by atoms with van der Waals surface area (Å²) in [6, 6.07) is 10.6. The van der Waals surface area contributed by atoms with Gasteiger partial charge < -0.3 is 14.6 Å². The molecule has 3 rings (SSSR count). The van der Waals surface area contributed by atoms with Crippen molar-refractivity contribution >= 4 is 33.6 Å². The van der Waals surface area contributed by atoms with Crippen LogP contribution in [0.15, 0.2) is 36.4 Å². The van der Waals surface area contributed by atoms with Gasteiger partial charge in [-0.25, -0.2) is 9.78 Å². The molecule has 0 aliphatic rings. The number of hydrogen-bond donors (Lipinski definition) is 1. The molecule has 6 nitrogen and oxygen atoms in total. The number of carbonyl (C=O) groups is 2. The van der Waals surface area contributed by atoms with Gasteiger partial charge in [0.15, 0.2) is 0 Å². The number of aromatic hydroxyl groups is 1. The van der Waals surface area contributed by atoms with Crippen LogP contribution in [0.5, 0.6) is 5.75 Å². The molecule has 1 N–H and O–H groups in total. The zero-order valence-electron chi connectivity index (χ0n) is 13.2. The normalized spacial score (nSPS) is 10.8. The Morgan fingerprint density at radius 3 is 2.54 bits per heavy atom. The topological polar surface area (TPSA) is 85.7 Å². The minimum atomic E-state index is -0.601. The van der Waals surface area contributed by atoms with Gasteiger partial charge in [0.1, 0.15) is 11.3 Å². The van der Waals surface area contributed by atoms with Gasteiger partial charge in [0, 0.05) is 5.39 Å². The molecule has 122 valence electrons. The van der Waals surface area contributed by atoms with E-state index in [9.17, 15) is 14.7 Å². The molecule has 0 atom stereocenters. The Kier molecular flexibility index (Phi) is 4.04. The molecular weight excluding hydrogens is 310 g/mol. The number of aromatic nitrogens is 1. The van der Waals surface area contributed by atoms with E-state index >= 15 is 0 Å². The maximum atomic E-state index is 12.1. The third-order valence-electron chi connectivity index (χ3n) is 3.83. The van der Waals surface area contributed by atoms with Gasteiger partial charge in [-0.05, 0) is 22.9 Å². The highest BCUT2D eigenvalue weighted by Crippen LogP contribution is 2.33. The van der Waals surface area contributed by atoms with E-state index in [2.05, 4.69) is 9.72 Å². The SMILES string of the molecule is COC(=O)Cc1nc2c(O)cc3ccccc3c2cc1C(=O)OC. The average molecular weight is 325 g/mol. The molecule has 1 aromatic heterocycles. The molecule has 0 unspecified atom stereocenters. The lowest BCUT2D eigenvalue weighted by atomic mass is 10.0. The second-order valence-corrected chi connectivity index (χ2v) is 5.24. The molecule has 2 aromatic carbocycles. The van der Waals surface area contributed by atoms with E-state index in [0.29, 0.717) is 10.9 Å². The third-order valence-corrected chi connectivity index (χ3v) is 3.83. The fourth-order valence-electron chi connectivity index (χ4n) is 2.67. The van der Waals surface area contributed by atoms with Gasteiger partial charge in [0.25, 0.3) is 0 Å². The van der Waals surface area contributed by atoms with Gasteiger partial charge >= 0.3 is 11.9 Å². The number of rotatable bonds is 3. The van der Waals surface area contributed by atoms with Crippen LogP contribution in [0.25, 0.3) is 21.7 Å². The lowest BCUT2D eigenvalue weighted by Gasteiger charge is -2.11. The lowest BCUT2D eigenvalue weighted by Crippen LogP contribution is -2.13. The van der Waals surface area contributed by atoms with Gasteiger partial charge in [-0.15, -0.1) is 0 Å². The number of esters is 2. The second-order valence-electron chi connectivity index (χ2n) is 5.24. The van der Waals surface area contributed by atoms with Crippen LogP contribution in [0.1, 0.15) is 16.1 Å². The Hall–Kier alpha value is -3.15. The summed E-state index contributed by atoms with van der Waals surface area (Å²) >= 11 is 0. The van der Waals surface area contributed by atoms with Crippen LogP contribution in [0, 0.1) is 0 Å². The summed E-state index contributed by atoms with van der Waals surface area (Å²) in [5, 5.41) is 12.5. The minimum Gasteiger partial charge on any atom is -0.506 e. The number of hydrogen-bond acceptors (Lipinski definition) is 6. The Bertz CT molecular complexity index is 964. The quantitative estimate of drug-likeness (QED) is 0.588. The van der Waals surface area contributed by atoms with Crippen LogP contribution >= 0.6 is 0 Å². The van der Waals surface area contributed by atoms with Crippen molar-refractivity contribution in [3.63, 3.8) is 0 Å². The Morgan fingerprint density at radius 2 is 1.83 bits per heavy atom. The number of fused-ring (bicyclic) bond motifs is 3.